The van der Waals surface area contributed by atoms with Crippen molar-refractivity contribution in [2.24, 2.45) is 50.5 Å². The first-order chi connectivity index (χ1) is 31.6. The molecule has 0 rings (SSSR count). The van der Waals surface area contributed by atoms with Crippen molar-refractivity contribution in [3.05, 3.63) is 0 Å². The molecule has 68 heavy (non-hydrogen) atoms. The van der Waals surface area contributed by atoms with Gasteiger partial charge in [0.1, 0.15) is 42.3 Å². The lowest BCUT2D eigenvalue weighted by Crippen LogP contribution is -2.61. The molecule has 0 aliphatic carbocycles. The number of hydrogen-bond acceptors (Lipinski definition) is 16. The fourth-order valence-corrected chi connectivity index (χ4v) is 6.36. The van der Waals surface area contributed by atoms with E-state index in [1.807, 2.05) is 0 Å². The number of nitrogens with two attached hydrogens (primary N) is 5. The molecule has 7 amide bonds. The van der Waals surface area contributed by atoms with Crippen molar-refractivity contribution in [3.8, 4) is 0 Å². The van der Waals surface area contributed by atoms with Crippen molar-refractivity contribution >= 4 is 73.0 Å². The number of carboxylic acids is 2. The van der Waals surface area contributed by atoms with Gasteiger partial charge in [0.05, 0.1) is 12.6 Å². The van der Waals surface area contributed by atoms with Crippen molar-refractivity contribution in [1.82, 2.24) is 37.2 Å². The van der Waals surface area contributed by atoms with Crippen LogP contribution >= 0.6 is 7.82 Å². The number of nitrogens with one attached hydrogen (secondary N) is 7. The van der Waals surface area contributed by atoms with Gasteiger partial charge in [0, 0.05) is 33.7 Å². The molecule has 0 saturated carbocycles. The fraction of sp³-hybridized carbons (Fsp3) is 0.711. The summed E-state index contributed by atoms with van der Waals surface area (Å²) in [5, 5.41) is 35.1. The van der Waals surface area contributed by atoms with Gasteiger partial charge in [-0.1, -0.05) is 27.7 Å². The Bertz CT molecular complexity index is 1840. The number of amides is 7. The van der Waals surface area contributed by atoms with E-state index in [0.717, 1.165) is 14.2 Å². The second kappa shape index (κ2) is 31.0. The molecule has 0 aliphatic heterocycles. The summed E-state index contributed by atoms with van der Waals surface area (Å²) in [6, 6.07) is -11.2. The van der Waals surface area contributed by atoms with Gasteiger partial charge < -0.3 is 76.1 Å². The van der Waals surface area contributed by atoms with Crippen LogP contribution < -0.4 is 65.9 Å². The minimum Gasteiger partial charge on any atom is -0.481 e. The Morgan fingerprint density at radius 3 is 1.40 bits per heavy atom. The van der Waals surface area contributed by atoms with Gasteiger partial charge in [0.2, 0.25) is 41.4 Å². The van der Waals surface area contributed by atoms with Crippen LogP contribution in [0.3, 0.4) is 0 Å². The maximum atomic E-state index is 14.0. The Morgan fingerprint density at radius 1 is 0.544 bits per heavy atom. The van der Waals surface area contributed by atoms with E-state index >= 15 is 0 Å². The number of phosphoric ester groups is 1. The van der Waals surface area contributed by atoms with Crippen LogP contribution in [0.1, 0.15) is 80.1 Å². The lowest BCUT2D eigenvalue weighted by atomic mass is 10.0. The largest absolute Gasteiger partial charge is 0.481 e. The number of guanidine groups is 2. The number of rotatable bonds is 33. The molecule has 0 unspecified atom stereocenters. The Kier molecular flexibility index (Phi) is 28.2. The van der Waals surface area contributed by atoms with Crippen LogP contribution in [0.2, 0.25) is 0 Å². The number of carbonyl (C=O) groups is 9. The molecule has 0 bridgehead atoms. The third-order valence-electron chi connectivity index (χ3n) is 9.62. The first-order valence-corrected chi connectivity index (χ1v) is 22.8. The van der Waals surface area contributed by atoms with Gasteiger partial charge in [-0.25, -0.2) is 9.36 Å². The van der Waals surface area contributed by atoms with Gasteiger partial charge >= 0.3 is 19.8 Å². The average Bonchev–Trinajstić information content (AvgIpc) is 3.25. The van der Waals surface area contributed by atoms with Gasteiger partial charge in [-0.05, 0) is 57.8 Å². The van der Waals surface area contributed by atoms with Crippen LogP contribution in [0.25, 0.3) is 0 Å². The molecule has 8 atom stereocenters. The first-order valence-electron chi connectivity index (χ1n) is 21.4. The summed E-state index contributed by atoms with van der Waals surface area (Å²) in [5.41, 5.74) is 27.6. The van der Waals surface area contributed by atoms with Crippen LogP contribution in [-0.4, -0.2) is 158 Å². The van der Waals surface area contributed by atoms with E-state index in [1.165, 1.54) is 27.7 Å². The molecule has 0 aromatic carbocycles. The molecule has 19 N–H and O–H groups in total. The predicted octanol–water partition coefficient (Wildman–Crippen LogP) is -4.47. The van der Waals surface area contributed by atoms with Crippen molar-refractivity contribution in [2.75, 3.05) is 33.9 Å². The summed E-state index contributed by atoms with van der Waals surface area (Å²) in [6.07, 6.45) is -0.308. The molecule has 0 fully saturated rings. The highest BCUT2D eigenvalue weighted by molar-refractivity contribution is 7.48. The number of aliphatic imine (C=N–C) groups is 2. The third-order valence-corrected chi connectivity index (χ3v) is 11.0. The van der Waals surface area contributed by atoms with Crippen molar-refractivity contribution in [1.29, 1.82) is 0 Å². The van der Waals surface area contributed by atoms with E-state index in [-0.39, 0.29) is 44.3 Å². The SMILES string of the molecule is COP(=O)(OC)OC[C@H](NC(=O)[C@@H](NC(=O)[C@H](CCCN=C(N)N)NC(=O)[C@@H](N)CCCN=C(N)N)C(C)C)C(=O)N[C@H](C(=O)N[C@@H](C)C(=O)N[C@@H](C)C(=O)N[C@@H](CCC(=O)O)C(=O)O)C(C)C. The zero-order valence-electron chi connectivity index (χ0n) is 39.6. The van der Waals surface area contributed by atoms with Crippen molar-refractivity contribution < 1.29 is 71.5 Å². The summed E-state index contributed by atoms with van der Waals surface area (Å²) in [7, 11) is -2.31. The average molecular weight is 995 g/mol. The van der Waals surface area contributed by atoms with Crippen LogP contribution in [0.15, 0.2) is 9.98 Å². The molecule has 0 spiro atoms. The van der Waals surface area contributed by atoms with Crippen LogP contribution in [0.5, 0.6) is 0 Å². The van der Waals surface area contributed by atoms with Crippen LogP contribution in [0, 0.1) is 11.8 Å². The number of phosphoric acid groups is 1. The first kappa shape index (κ1) is 61.8. The summed E-state index contributed by atoms with van der Waals surface area (Å²) < 4.78 is 27.7. The molecule has 0 aliphatic rings. The van der Waals surface area contributed by atoms with Gasteiger partial charge in [-0.3, -0.25) is 61.9 Å². The van der Waals surface area contributed by atoms with Gasteiger partial charge in [0.25, 0.3) is 0 Å². The predicted molar refractivity (Wildman–Crippen MR) is 244 cm³/mol. The van der Waals surface area contributed by atoms with Crippen molar-refractivity contribution in [3.63, 3.8) is 0 Å². The smallest absolute Gasteiger partial charge is 0.474 e. The summed E-state index contributed by atoms with van der Waals surface area (Å²) in [6.45, 7) is 8.09. The lowest BCUT2D eigenvalue weighted by molar-refractivity contribution is -0.143. The van der Waals surface area contributed by atoms with E-state index in [0.29, 0.717) is 6.42 Å². The summed E-state index contributed by atoms with van der Waals surface area (Å²) in [4.78, 5) is 124. The molecular formula is C38H71N14O15P. The summed E-state index contributed by atoms with van der Waals surface area (Å²) >= 11 is 0. The normalized spacial score (nSPS) is 14.8. The zero-order chi connectivity index (χ0) is 52.5. The van der Waals surface area contributed by atoms with Crippen molar-refractivity contribution in [2.45, 2.75) is 128 Å². The van der Waals surface area contributed by atoms with E-state index in [1.54, 1.807) is 13.8 Å². The minimum absolute atomic E-state index is 0.0135. The Hall–Kier alpha value is -6.16. The highest BCUT2D eigenvalue weighted by atomic mass is 31.2. The molecule has 0 radical (unpaired) electrons. The van der Waals surface area contributed by atoms with Crippen LogP contribution in [0.4, 0.5) is 0 Å². The highest BCUT2D eigenvalue weighted by Crippen LogP contribution is 2.47. The highest BCUT2D eigenvalue weighted by Gasteiger charge is 2.36. The Labute approximate surface area is 394 Å². The zero-order valence-corrected chi connectivity index (χ0v) is 40.5. The molecule has 0 heterocycles. The topological polar surface area (TPSA) is 478 Å². The Morgan fingerprint density at radius 2 is 0.956 bits per heavy atom. The van der Waals surface area contributed by atoms with E-state index in [2.05, 4.69) is 47.2 Å². The molecule has 0 aromatic heterocycles. The van der Waals surface area contributed by atoms with E-state index in [9.17, 15) is 52.8 Å². The third kappa shape index (κ3) is 24.0. The molecule has 30 heteroatoms. The standard InChI is InChI=1S/C38H71N14O15P/c1-18(2)27(34(60)47-20(5)29(55)46-21(6)30(56)49-24(36(62)63)13-14-26(53)54)52-33(59)25(17-67-68(64,65-7)66-8)50-35(61)28(19(3)4)51-32(58)23(12-10-16-45-38(42)43)48-31(57)22(39)11-9-15-44-37(40)41/h18-25,27-28H,9-17,39H2,1-8H3,(H,46,55)(H,47,60)(H,48,57)(H,49,56)(H,50,61)(H,51,58)(H,52,59)(H,53,54)(H,62,63)(H4,40,41,44)(H4,42,43,45)/t20-,21-,22-,23-,24-,25-,27-,28-/m0/s1. The number of hydrogen-bond donors (Lipinski definition) is 14. The maximum absolute atomic E-state index is 14.0. The van der Waals surface area contributed by atoms with E-state index < -0.39 is 141 Å². The van der Waals surface area contributed by atoms with Gasteiger partial charge in [-0.2, -0.15) is 0 Å². The van der Waals surface area contributed by atoms with Crippen LogP contribution in [-0.2, 0) is 61.3 Å². The monoisotopic (exact) mass is 994 g/mol. The molecule has 0 saturated heterocycles. The second-order valence-electron chi connectivity index (χ2n) is 16.0. The molecule has 388 valence electrons. The second-order valence-corrected chi connectivity index (χ2v) is 17.9. The van der Waals surface area contributed by atoms with E-state index in [4.69, 9.17) is 47.3 Å². The van der Waals surface area contributed by atoms with Gasteiger partial charge in [0.15, 0.2) is 11.9 Å². The quantitative estimate of drug-likeness (QED) is 0.0128. The summed E-state index contributed by atoms with van der Waals surface area (Å²) in [5.74, 6) is -10.8. The number of aliphatic carboxylic acids is 2. The molecular weight excluding hydrogens is 923 g/mol. The van der Waals surface area contributed by atoms with Gasteiger partial charge in [-0.15, -0.1) is 0 Å². The number of carbonyl (C=O) groups excluding carboxylic acids is 7. The number of carboxylic acid groups (broad SMARTS) is 2. The number of nitrogens with zero attached hydrogens (tertiary/aromatic N) is 2. The Balaban J connectivity index is 6.35. The minimum atomic E-state index is -4.29. The fourth-order valence-electron chi connectivity index (χ4n) is 5.66. The molecule has 29 nitrogen and oxygen atoms in total. The molecule has 0 aromatic rings. The maximum Gasteiger partial charge on any atom is 0.474 e. The lowest BCUT2D eigenvalue weighted by Gasteiger charge is -2.29.